The Hall–Kier alpha value is -3.58. The van der Waals surface area contributed by atoms with Crippen molar-refractivity contribution in [2.75, 3.05) is 7.11 Å². The van der Waals surface area contributed by atoms with E-state index >= 15 is 4.39 Å². The molecule has 0 radical (unpaired) electrons. The minimum Gasteiger partial charge on any atom is -0.486 e. The third-order valence-electron chi connectivity index (χ3n) is 4.56. The molecule has 0 unspecified atom stereocenters. The predicted octanol–water partition coefficient (Wildman–Crippen LogP) is 5.38. The summed E-state index contributed by atoms with van der Waals surface area (Å²) in [5, 5.41) is 0.507. The maximum absolute atomic E-state index is 15.0. The molecule has 0 aliphatic carbocycles. The average molecular weight is 441 g/mol. The summed E-state index contributed by atoms with van der Waals surface area (Å²) in [5.41, 5.74) is 0.918. The molecule has 0 saturated heterocycles. The molecular weight excluding hydrogens is 426 g/mol. The maximum Gasteiger partial charge on any atom is 0.232 e. The van der Waals surface area contributed by atoms with Crippen LogP contribution in [-0.4, -0.2) is 22.9 Å². The van der Waals surface area contributed by atoms with E-state index in [2.05, 4.69) is 9.97 Å². The Kier molecular flexibility index (Phi) is 5.77. The lowest BCUT2D eigenvalue weighted by Crippen LogP contribution is -2.10. The van der Waals surface area contributed by atoms with Gasteiger partial charge in [-0.25, -0.2) is 18.7 Å². The van der Waals surface area contributed by atoms with E-state index in [0.29, 0.717) is 21.6 Å². The molecule has 0 saturated carbocycles. The Labute approximate surface area is 181 Å². The molecule has 0 aliphatic heterocycles. The number of methoxy groups -OCH3 is 1. The van der Waals surface area contributed by atoms with Crippen LogP contribution < -0.4 is 9.47 Å². The van der Waals surface area contributed by atoms with E-state index in [-0.39, 0.29) is 23.8 Å². The standard InChI is InChI=1S/C23H15ClF2N2O3/c1-30-20-11-27-17-7-5-14(10-18(17)28-20)23(29)21-16(25)6-8-19(22(21)26)31-12-13-3-2-4-15(24)9-13/h2-11H,12H2,1H3. The summed E-state index contributed by atoms with van der Waals surface area (Å²) in [7, 11) is 1.44. The maximum atomic E-state index is 15.0. The highest BCUT2D eigenvalue weighted by atomic mass is 35.5. The molecule has 0 spiro atoms. The Balaban J connectivity index is 1.66. The Morgan fingerprint density at radius 3 is 2.68 bits per heavy atom. The van der Waals surface area contributed by atoms with Crippen molar-refractivity contribution in [3.05, 3.63) is 94.1 Å². The molecule has 4 rings (SSSR count). The minimum atomic E-state index is -1.08. The van der Waals surface area contributed by atoms with Gasteiger partial charge in [0.25, 0.3) is 0 Å². The van der Waals surface area contributed by atoms with Gasteiger partial charge in [-0.1, -0.05) is 23.7 Å². The fourth-order valence-corrected chi connectivity index (χ4v) is 3.23. The first kappa shape index (κ1) is 20.7. The molecule has 156 valence electrons. The summed E-state index contributed by atoms with van der Waals surface area (Å²) in [6.45, 7) is 0.00208. The second-order valence-corrected chi connectivity index (χ2v) is 7.03. The van der Waals surface area contributed by atoms with Gasteiger partial charge in [0.05, 0.1) is 29.9 Å². The van der Waals surface area contributed by atoms with Crippen molar-refractivity contribution in [2.45, 2.75) is 6.61 Å². The summed E-state index contributed by atoms with van der Waals surface area (Å²) in [6, 6.07) is 13.4. The number of nitrogens with zero attached hydrogens (tertiary/aromatic N) is 2. The second kappa shape index (κ2) is 8.65. The lowest BCUT2D eigenvalue weighted by molar-refractivity contribution is 0.103. The van der Waals surface area contributed by atoms with Crippen LogP contribution in [0.25, 0.3) is 11.0 Å². The van der Waals surface area contributed by atoms with E-state index in [1.54, 1.807) is 30.3 Å². The van der Waals surface area contributed by atoms with Crippen molar-refractivity contribution in [1.82, 2.24) is 9.97 Å². The van der Waals surface area contributed by atoms with E-state index in [1.165, 1.54) is 25.4 Å². The number of aromatic nitrogens is 2. The first-order valence-electron chi connectivity index (χ1n) is 9.17. The number of carbonyl (C=O) groups excluding carboxylic acids is 1. The van der Waals surface area contributed by atoms with Crippen molar-refractivity contribution in [3.8, 4) is 11.6 Å². The number of ether oxygens (including phenoxy) is 2. The second-order valence-electron chi connectivity index (χ2n) is 6.60. The van der Waals surface area contributed by atoms with Crippen LogP contribution in [-0.2, 0) is 6.61 Å². The summed E-state index contributed by atoms with van der Waals surface area (Å²) in [4.78, 5) is 21.3. The zero-order chi connectivity index (χ0) is 22.0. The number of ketones is 1. The van der Waals surface area contributed by atoms with Crippen LogP contribution in [0.5, 0.6) is 11.6 Å². The average Bonchev–Trinajstić information content (AvgIpc) is 2.77. The molecule has 0 N–H and O–H groups in total. The zero-order valence-corrected chi connectivity index (χ0v) is 17.0. The number of hydrogen-bond acceptors (Lipinski definition) is 5. The predicted molar refractivity (Wildman–Crippen MR) is 112 cm³/mol. The van der Waals surface area contributed by atoms with Gasteiger partial charge in [0.1, 0.15) is 12.4 Å². The normalized spacial score (nSPS) is 10.8. The highest BCUT2D eigenvalue weighted by molar-refractivity contribution is 6.30. The molecule has 0 aliphatic rings. The van der Waals surface area contributed by atoms with Gasteiger partial charge in [0, 0.05) is 10.6 Å². The monoisotopic (exact) mass is 440 g/mol. The fraction of sp³-hybridized carbons (Fsp3) is 0.0870. The van der Waals surface area contributed by atoms with Crippen LogP contribution in [0, 0.1) is 11.6 Å². The molecular formula is C23H15ClF2N2O3. The molecule has 1 aromatic heterocycles. The first-order valence-corrected chi connectivity index (χ1v) is 9.55. The third-order valence-corrected chi connectivity index (χ3v) is 4.79. The van der Waals surface area contributed by atoms with Crippen LogP contribution in [0.1, 0.15) is 21.5 Å². The van der Waals surface area contributed by atoms with Crippen molar-refractivity contribution in [3.63, 3.8) is 0 Å². The molecule has 1 heterocycles. The molecule has 0 amide bonds. The Morgan fingerprint density at radius 1 is 1.06 bits per heavy atom. The van der Waals surface area contributed by atoms with Gasteiger partial charge in [0.15, 0.2) is 17.3 Å². The van der Waals surface area contributed by atoms with Gasteiger partial charge in [-0.3, -0.25) is 4.79 Å². The van der Waals surface area contributed by atoms with Gasteiger partial charge in [0.2, 0.25) is 5.88 Å². The molecule has 0 atom stereocenters. The van der Waals surface area contributed by atoms with E-state index < -0.39 is 23.0 Å². The molecule has 4 aromatic rings. The number of fused-ring (bicyclic) bond motifs is 1. The van der Waals surface area contributed by atoms with Gasteiger partial charge >= 0.3 is 0 Å². The van der Waals surface area contributed by atoms with E-state index in [1.807, 2.05) is 0 Å². The number of carbonyl (C=O) groups is 1. The summed E-state index contributed by atoms with van der Waals surface area (Å²) >= 11 is 5.93. The summed E-state index contributed by atoms with van der Waals surface area (Å²) in [5.74, 6) is -2.90. The molecule has 8 heteroatoms. The smallest absolute Gasteiger partial charge is 0.232 e. The quantitative estimate of drug-likeness (QED) is 0.377. The van der Waals surface area contributed by atoms with Crippen molar-refractivity contribution in [1.29, 1.82) is 0 Å². The summed E-state index contributed by atoms with van der Waals surface area (Å²) < 4.78 is 40.0. The van der Waals surface area contributed by atoms with Crippen LogP contribution >= 0.6 is 11.6 Å². The molecule has 5 nitrogen and oxygen atoms in total. The fourth-order valence-electron chi connectivity index (χ4n) is 3.02. The van der Waals surface area contributed by atoms with Gasteiger partial charge in [-0.2, -0.15) is 0 Å². The number of benzene rings is 3. The van der Waals surface area contributed by atoms with E-state index in [0.717, 1.165) is 12.1 Å². The molecule has 3 aromatic carbocycles. The first-order chi connectivity index (χ1) is 15.0. The van der Waals surface area contributed by atoms with E-state index in [9.17, 15) is 9.18 Å². The van der Waals surface area contributed by atoms with Crippen LogP contribution in [0.2, 0.25) is 5.02 Å². The zero-order valence-electron chi connectivity index (χ0n) is 16.2. The molecule has 0 fully saturated rings. The Bertz CT molecular complexity index is 1300. The van der Waals surface area contributed by atoms with Crippen LogP contribution in [0.15, 0.2) is 60.8 Å². The van der Waals surface area contributed by atoms with Crippen LogP contribution in [0.4, 0.5) is 8.78 Å². The van der Waals surface area contributed by atoms with Gasteiger partial charge in [-0.15, -0.1) is 0 Å². The van der Waals surface area contributed by atoms with Crippen molar-refractivity contribution in [2.24, 2.45) is 0 Å². The molecule has 0 bridgehead atoms. The third kappa shape index (κ3) is 4.32. The topological polar surface area (TPSA) is 61.3 Å². The Morgan fingerprint density at radius 2 is 1.90 bits per heavy atom. The van der Waals surface area contributed by atoms with Gasteiger partial charge < -0.3 is 9.47 Å². The number of rotatable bonds is 6. The largest absolute Gasteiger partial charge is 0.486 e. The van der Waals surface area contributed by atoms with Gasteiger partial charge in [-0.05, 0) is 48.0 Å². The summed E-state index contributed by atoms with van der Waals surface area (Å²) in [6.07, 6.45) is 1.43. The molecule has 31 heavy (non-hydrogen) atoms. The number of halogens is 3. The van der Waals surface area contributed by atoms with E-state index in [4.69, 9.17) is 21.1 Å². The number of hydrogen-bond donors (Lipinski definition) is 0. The van der Waals surface area contributed by atoms with Crippen LogP contribution in [0.3, 0.4) is 0 Å². The highest BCUT2D eigenvalue weighted by Gasteiger charge is 2.23. The SMILES string of the molecule is COc1cnc2ccc(C(=O)c3c(F)ccc(OCc4cccc(Cl)c4)c3F)cc2n1. The minimum absolute atomic E-state index is 0.00208. The highest BCUT2D eigenvalue weighted by Crippen LogP contribution is 2.27. The lowest BCUT2D eigenvalue weighted by Gasteiger charge is -2.11. The lowest BCUT2D eigenvalue weighted by atomic mass is 10.0. The van der Waals surface area contributed by atoms with Crippen molar-refractivity contribution >= 4 is 28.4 Å². The van der Waals surface area contributed by atoms with Crippen molar-refractivity contribution < 1.29 is 23.0 Å².